The van der Waals surface area contributed by atoms with Gasteiger partial charge in [-0.05, 0) is 56.0 Å². The van der Waals surface area contributed by atoms with Crippen LogP contribution in [-0.2, 0) is 20.9 Å². The number of thioether (sulfide) groups is 1. The normalized spacial score (nSPS) is 28.2. The van der Waals surface area contributed by atoms with E-state index in [9.17, 15) is 19.5 Å². The standard InChI is InChI=1S/C29H35N3O5S/c1-3-20(17-33)32-25(27(35)30-16-18-8-6-5-7-9-18)29-15-14-22(38-29)23(24(29)28(32)36)26(34)31-19-10-12-21(13-11-19)37-4-2/h5-13,20,22-25,33H,3-4,14-17H2,1-2H3,(H,30,35)(H,31,34)/t20-,22-,23+,24-,25?,29?/m0/s1. The number of anilines is 1. The summed E-state index contributed by atoms with van der Waals surface area (Å²) in [6.45, 7) is 4.49. The van der Waals surface area contributed by atoms with Gasteiger partial charge in [-0.1, -0.05) is 37.3 Å². The molecule has 0 aliphatic carbocycles. The van der Waals surface area contributed by atoms with Gasteiger partial charge in [0, 0.05) is 17.5 Å². The number of hydrogen-bond acceptors (Lipinski definition) is 6. The Morgan fingerprint density at radius 1 is 1.13 bits per heavy atom. The summed E-state index contributed by atoms with van der Waals surface area (Å²) in [6, 6.07) is 15.6. The van der Waals surface area contributed by atoms with Crippen molar-refractivity contribution in [2.75, 3.05) is 18.5 Å². The molecule has 5 rings (SSSR count). The fourth-order valence-electron chi connectivity index (χ4n) is 6.41. The molecule has 3 N–H and O–H groups in total. The highest BCUT2D eigenvalue weighted by Crippen LogP contribution is 2.66. The summed E-state index contributed by atoms with van der Waals surface area (Å²) in [4.78, 5) is 43.0. The first-order valence-corrected chi connectivity index (χ1v) is 14.3. The van der Waals surface area contributed by atoms with Crippen LogP contribution in [0.15, 0.2) is 54.6 Å². The number of aliphatic hydroxyl groups excluding tert-OH is 1. The minimum atomic E-state index is -0.737. The van der Waals surface area contributed by atoms with E-state index in [4.69, 9.17) is 4.74 Å². The quantitative estimate of drug-likeness (QED) is 0.430. The number of likely N-dealkylation sites (tertiary alicyclic amines) is 1. The number of rotatable bonds is 10. The lowest BCUT2D eigenvalue weighted by molar-refractivity contribution is -0.142. The van der Waals surface area contributed by atoms with Crippen LogP contribution in [0.3, 0.4) is 0 Å². The number of carbonyl (C=O) groups excluding carboxylic acids is 3. The Balaban J connectivity index is 1.41. The lowest BCUT2D eigenvalue weighted by atomic mass is 9.70. The molecule has 3 aliphatic rings. The van der Waals surface area contributed by atoms with Crippen LogP contribution in [0.2, 0.25) is 0 Å². The van der Waals surface area contributed by atoms with E-state index in [0.717, 1.165) is 17.7 Å². The van der Waals surface area contributed by atoms with Crippen LogP contribution in [0.25, 0.3) is 0 Å². The van der Waals surface area contributed by atoms with Crippen LogP contribution in [0, 0.1) is 11.8 Å². The van der Waals surface area contributed by atoms with E-state index in [1.54, 1.807) is 40.9 Å². The maximum absolute atomic E-state index is 14.0. The monoisotopic (exact) mass is 537 g/mol. The van der Waals surface area contributed by atoms with Gasteiger partial charge in [0.1, 0.15) is 11.8 Å². The molecule has 0 saturated carbocycles. The highest BCUT2D eigenvalue weighted by Gasteiger charge is 2.74. The van der Waals surface area contributed by atoms with Crippen molar-refractivity contribution in [1.82, 2.24) is 10.2 Å². The van der Waals surface area contributed by atoms with Crippen LogP contribution in [-0.4, -0.2) is 63.0 Å². The van der Waals surface area contributed by atoms with Crippen molar-refractivity contribution in [3.05, 3.63) is 60.2 Å². The number of hydrogen-bond donors (Lipinski definition) is 3. The summed E-state index contributed by atoms with van der Waals surface area (Å²) in [5.41, 5.74) is 1.61. The Hall–Kier alpha value is -3.04. The van der Waals surface area contributed by atoms with Gasteiger partial charge in [-0.3, -0.25) is 14.4 Å². The average molecular weight is 538 g/mol. The van der Waals surface area contributed by atoms with Crippen LogP contribution < -0.4 is 15.4 Å². The van der Waals surface area contributed by atoms with Crippen LogP contribution in [0.5, 0.6) is 5.75 Å². The van der Waals surface area contributed by atoms with Gasteiger partial charge in [0.15, 0.2) is 0 Å². The first kappa shape index (κ1) is 26.6. The van der Waals surface area contributed by atoms with Crippen molar-refractivity contribution in [1.29, 1.82) is 0 Å². The lowest BCUT2D eigenvalue weighted by Gasteiger charge is -2.36. The van der Waals surface area contributed by atoms with Crippen molar-refractivity contribution in [2.24, 2.45) is 11.8 Å². The van der Waals surface area contributed by atoms with Crippen LogP contribution in [0.1, 0.15) is 38.7 Å². The molecule has 2 aromatic carbocycles. The molecule has 2 unspecified atom stereocenters. The zero-order valence-electron chi connectivity index (χ0n) is 21.8. The van der Waals surface area contributed by atoms with Gasteiger partial charge in [0.25, 0.3) is 0 Å². The van der Waals surface area contributed by atoms with Gasteiger partial charge in [-0.15, -0.1) is 11.8 Å². The first-order valence-electron chi connectivity index (χ1n) is 13.4. The summed E-state index contributed by atoms with van der Waals surface area (Å²) >= 11 is 1.62. The third-order valence-corrected chi connectivity index (χ3v) is 10.1. The maximum atomic E-state index is 14.0. The summed E-state index contributed by atoms with van der Waals surface area (Å²) < 4.78 is 4.80. The van der Waals surface area contributed by atoms with Crippen LogP contribution >= 0.6 is 11.8 Å². The number of nitrogens with zero attached hydrogens (tertiary/aromatic N) is 1. The van der Waals surface area contributed by atoms with Gasteiger partial charge >= 0.3 is 0 Å². The van der Waals surface area contributed by atoms with Crippen molar-refractivity contribution in [2.45, 2.75) is 61.7 Å². The van der Waals surface area contributed by atoms with Crippen molar-refractivity contribution >= 4 is 35.2 Å². The first-order chi connectivity index (χ1) is 18.4. The molecule has 0 radical (unpaired) electrons. The van der Waals surface area contributed by atoms with Crippen LogP contribution in [0.4, 0.5) is 5.69 Å². The summed E-state index contributed by atoms with van der Waals surface area (Å²) in [7, 11) is 0. The number of amides is 3. The smallest absolute Gasteiger partial charge is 0.244 e. The van der Waals surface area contributed by atoms with Gasteiger partial charge in [0.05, 0.1) is 35.8 Å². The van der Waals surface area contributed by atoms with E-state index in [1.165, 1.54) is 0 Å². The van der Waals surface area contributed by atoms with Crippen molar-refractivity contribution in [3.63, 3.8) is 0 Å². The molecule has 202 valence electrons. The van der Waals surface area contributed by atoms with E-state index >= 15 is 0 Å². The second-order valence-electron chi connectivity index (χ2n) is 10.2. The third kappa shape index (κ3) is 4.56. The second-order valence-corrected chi connectivity index (χ2v) is 11.8. The van der Waals surface area contributed by atoms with E-state index in [1.807, 2.05) is 44.2 Å². The fraction of sp³-hybridized carbons (Fsp3) is 0.483. The molecule has 38 heavy (non-hydrogen) atoms. The Kier molecular flexibility index (Phi) is 7.68. The Labute approximate surface area is 227 Å². The number of aliphatic hydroxyl groups is 1. The van der Waals surface area contributed by atoms with E-state index in [0.29, 0.717) is 31.7 Å². The number of ether oxygens (including phenoxy) is 1. The molecule has 8 nitrogen and oxygen atoms in total. The summed E-state index contributed by atoms with van der Waals surface area (Å²) in [5.74, 6) is -1.06. The highest BCUT2D eigenvalue weighted by molar-refractivity contribution is 8.02. The predicted octanol–water partition coefficient (Wildman–Crippen LogP) is 3.20. The molecule has 1 spiro atoms. The molecule has 9 heteroatoms. The average Bonchev–Trinajstić information content (AvgIpc) is 3.58. The largest absolute Gasteiger partial charge is 0.494 e. The fourth-order valence-corrected chi connectivity index (χ4v) is 8.61. The van der Waals surface area contributed by atoms with Gasteiger partial charge in [-0.2, -0.15) is 0 Å². The van der Waals surface area contributed by atoms with Gasteiger partial charge in [-0.25, -0.2) is 0 Å². The molecule has 3 saturated heterocycles. The predicted molar refractivity (Wildman–Crippen MR) is 147 cm³/mol. The third-order valence-electron chi connectivity index (χ3n) is 8.11. The number of fused-ring (bicyclic) bond motifs is 1. The minimum Gasteiger partial charge on any atom is -0.494 e. The van der Waals surface area contributed by atoms with Gasteiger partial charge < -0.3 is 25.4 Å². The Bertz CT molecular complexity index is 1170. The molecular formula is C29H35N3O5S. The van der Waals surface area contributed by atoms with Crippen molar-refractivity contribution in [3.8, 4) is 5.75 Å². The molecule has 3 fully saturated rings. The SMILES string of the molecule is CCOc1ccc(NC(=O)[C@@H]2[C@@H]3CCC4(S3)C(C(=O)NCc3ccccc3)N([C@@H](CC)CO)C(=O)[C@H]24)cc1. The molecule has 3 heterocycles. The number of carbonyl (C=O) groups is 3. The lowest BCUT2D eigenvalue weighted by Crippen LogP contribution is -2.56. The molecule has 0 aromatic heterocycles. The van der Waals surface area contributed by atoms with Gasteiger partial charge in [0.2, 0.25) is 17.7 Å². The van der Waals surface area contributed by atoms with Crippen molar-refractivity contribution < 1.29 is 24.2 Å². The number of benzene rings is 2. The zero-order valence-corrected chi connectivity index (χ0v) is 22.6. The molecule has 6 atom stereocenters. The Morgan fingerprint density at radius 2 is 1.87 bits per heavy atom. The highest BCUT2D eigenvalue weighted by atomic mass is 32.2. The summed E-state index contributed by atoms with van der Waals surface area (Å²) in [5, 5.41) is 16.2. The van der Waals surface area contributed by atoms with E-state index in [2.05, 4.69) is 10.6 Å². The Morgan fingerprint density at radius 3 is 2.53 bits per heavy atom. The summed E-state index contributed by atoms with van der Waals surface area (Å²) in [6.07, 6.45) is 1.97. The maximum Gasteiger partial charge on any atom is 0.244 e. The molecule has 3 amide bonds. The second kappa shape index (κ2) is 11.0. The molecular weight excluding hydrogens is 502 g/mol. The van der Waals surface area contributed by atoms with E-state index < -0.39 is 28.7 Å². The minimum absolute atomic E-state index is 0.0348. The van der Waals surface area contributed by atoms with E-state index in [-0.39, 0.29) is 29.6 Å². The zero-order chi connectivity index (χ0) is 26.9. The molecule has 2 aromatic rings. The number of nitrogens with one attached hydrogen (secondary N) is 2. The molecule has 3 aliphatic heterocycles. The molecule has 2 bridgehead atoms. The topological polar surface area (TPSA) is 108 Å².